The maximum atomic E-state index is 2.75. The van der Waals surface area contributed by atoms with Crippen LogP contribution < -0.4 is 0 Å². The van der Waals surface area contributed by atoms with Gasteiger partial charge < -0.3 is 0 Å². The van der Waals surface area contributed by atoms with Crippen molar-refractivity contribution in [3.8, 4) is 11.1 Å². The predicted octanol–water partition coefficient (Wildman–Crippen LogP) is 9.97. The molecule has 4 saturated carbocycles. The molecule has 0 aromatic heterocycles. The van der Waals surface area contributed by atoms with Crippen LogP contribution in [-0.4, -0.2) is 0 Å². The summed E-state index contributed by atoms with van der Waals surface area (Å²) in [6.07, 6.45) is 15.3. The van der Waals surface area contributed by atoms with Gasteiger partial charge in [-0.05, 0) is 101 Å². The van der Waals surface area contributed by atoms with Crippen LogP contribution in [0, 0.1) is 35.5 Å². The zero-order valence-corrected chi connectivity index (χ0v) is 23.7. The van der Waals surface area contributed by atoms with Gasteiger partial charge >= 0.3 is 0 Å². The number of fused-ring (bicyclic) bond motifs is 3. The lowest BCUT2D eigenvalue weighted by Gasteiger charge is -2.55. The smallest absolute Gasteiger partial charge is 0.0409 e. The lowest BCUT2D eigenvalue weighted by atomic mass is 9.50. The molecule has 0 saturated heterocycles. The fourth-order valence-corrected chi connectivity index (χ4v) is 10.7. The van der Waals surface area contributed by atoms with Crippen LogP contribution >= 0.6 is 0 Å². The van der Waals surface area contributed by atoms with Crippen molar-refractivity contribution in [3.05, 3.63) is 155 Å². The average molecular weight is 531 g/mol. The molecule has 1 unspecified atom stereocenters. The minimum Gasteiger partial charge on any atom is -0.0761 e. The van der Waals surface area contributed by atoms with Crippen molar-refractivity contribution in [1.82, 2.24) is 0 Å². The largest absolute Gasteiger partial charge is 0.0761 e. The van der Waals surface area contributed by atoms with Crippen LogP contribution in [0.25, 0.3) is 11.1 Å². The van der Waals surface area contributed by atoms with E-state index >= 15 is 0 Å². The molecule has 0 spiro atoms. The first-order valence-electron chi connectivity index (χ1n) is 16.0. The summed E-state index contributed by atoms with van der Waals surface area (Å²) < 4.78 is 0. The molecule has 0 nitrogen and oxygen atoms in total. The molecule has 202 valence electrons. The van der Waals surface area contributed by atoms with Crippen molar-refractivity contribution in [2.45, 2.75) is 43.4 Å². The van der Waals surface area contributed by atoms with Gasteiger partial charge in [0.2, 0.25) is 0 Å². The average Bonchev–Trinajstić information content (AvgIpc) is 3.63. The van der Waals surface area contributed by atoms with Crippen LogP contribution in [0.4, 0.5) is 0 Å². The van der Waals surface area contributed by atoms with Gasteiger partial charge in [-0.25, -0.2) is 0 Å². The molecule has 10 rings (SSSR count). The number of hydrogen-bond acceptors (Lipinski definition) is 0. The molecule has 0 N–H and O–H groups in total. The fourth-order valence-electron chi connectivity index (χ4n) is 10.7. The Bertz CT molecular complexity index is 1540. The molecule has 4 aromatic carbocycles. The molecule has 1 atom stereocenters. The van der Waals surface area contributed by atoms with E-state index in [2.05, 4.69) is 127 Å². The predicted molar refractivity (Wildman–Crippen MR) is 169 cm³/mol. The summed E-state index contributed by atoms with van der Waals surface area (Å²) in [5.41, 5.74) is 9.96. The quantitative estimate of drug-likeness (QED) is 0.241. The first kappa shape index (κ1) is 24.0. The second kappa shape index (κ2) is 9.18. The third kappa shape index (κ3) is 3.46. The van der Waals surface area contributed by atoms with E-state index in [1.807, 2.05) is 0 Å². The Morgan fingerprint density at radius 1 is 0.512 bits per heavy atom. The van der Waals surface area contributed by atoms with Crippen LogP contribution in [0.2, 0.25) is 0 Å². The van der Waals surface area contributed by atoms with E-state index in [0.29, 0.717) is 0 Å². The maximum absolute atomic E-state index is 2.75. The summed E-state index contributed by atoms with van der Waals surface area (Å²) in [6.45, 7) is 0. The van der Waals surface area contributed by atoms with Crippen molar-refractivity contribution in [2.75, 3.05) is 0 Å². The van der Waals surface area contributed by atoms with Gasteiger partial charge in [0.15, 0.2) is 0 Å². The monoisotopic (exact) mass is 530 g/mol. The summed E-state index contributed by atoms with van der Waals surface area (Å²) in [5.74, 6) is 5.08. The zero-order valence-electron chi connectivity index (χ0n) is 23.7. The number of rotatable bonds is 5. The van der Waals surface area contributed by atoms with Gasteiger partial charge in [0, 0.05) is 17.3 Å². The molecule has 4 bridgehead atoms. The van der Waals surface area contributed by atoms with Crippen molar-refractivity contribution < 1.29 is 0 Å². The van der Waals surface area contributed by atoms with E-state index in [9.17, 15) is 0 Å². The normalized spacial score (nSPS) is 29.4. The number of hydrogen-bond donors (Lipinski definition) is 0. The summed E-state index contributed by atoms with van der Waals surface area (Å²) in [5, 5.41) is 0. The summed E-state index contributed by atoms with van der Waals surface area (Å²) >= 11 is 0. The maximum Gasteiger partial charge on any atom is 0.0409 e. The number of benzene rings is 4. The van der Waals surface area contributed by atoms with E-state index in [1.165, 1.54) is 65.5 Å². The van der Waals surface area contributed by atoms with Gasteiger partial charge in [0.1, 0.15) is 0 Å². The highest BCUT2D eigenvalue weighted by Crippen LogP contribution is 2.63. The van der Waals surface area contributed by atoms with E-state index in [-0.39, 0.29) is 17.3 Å². The van der Waals surface area contributed by atoms with Crippen LogP contribution in [-0.2, 0) is 5.41 Å². The zero-order chi connectivity index (χ0) is 27.0. The molecule has 4 aromatic rings. The van der Waals surface area contributed by atoms with Crippen molar-refractivity contribution >= 4 is 0 Å². The van der Waals surface area contributed by atoms with Gasteiger partial charge in [0.05, 0.1) is 0 Å². The van der Waals surface area contributed by atoms with Crippen LogP contribution in [0.3, 0.4) is 0 Å². The van der Waals surface area contributed by atoms with Crippen molar-refractivity contribution in [2.24, 2.45) is 35.5 Å². The van der Waals surface area contributed by atoms with Gasteiger partial charge in [0.25, 0.3) is 0 Å². The molecule has 0 aliphatic heterocycles. The second-order valence-electron chi connectivity index (χ2n) is 13.7. The van der Waals surface area contributed by atoms with E-state index in [0.717, 1.165) is 29.6 Å². The Hall–Kier alpha value is -3.64. The lowest BCUT2D eigenvalue weighted by Crippen LogP contribution is -2.45. The lowest BCUT2D eigenvalue weighted by molar-refractivity contribution is -0.0194. The van der Waals surface area contributed by atoms with Crippen LogP contribution in [0.1, 0.15) is 60.3 Å². The Morgan fingerprint density at radius 2 is 1.00 bits per heavy atom. The molecule has 6 aliphatic rings. The minimum absolute atomic E-state index is 0.225. The van der Waals surface area contributed by atoms with Gasteiger partial charge in [-0.3, -0.25) is 0 Å². The highest BCUT2D eigenvalue weighted by Gasteiger charge is 2.54. The molecule has 0 heterocycles. The SMILES string of the molecule is C1=CC(C(c2ccccc2)(c2ccccc2)C2c3ccccc3-c3ccccc32)C=C1C1C2CC3CC(C2)CC1C3. The third-order valence-electron chi connectivity index (χ3n) is 11.8. The molecule has 41 heavy (non-hydrogen) atoms. The summed E-state index contributed by atoms with van der Waals surface area (Å²) in [7, 11) is 0. The van der Waals surface area contributed by atoms with Crippen molar-refractivity contribution in [3.63, 3.8) is 0 Å². The van der Waals surface area contributed by atoms with Gasteiger partial charge in [-0.15, -0.1) is 0 Å². The van der Waals surface area contributed by atoms with Gasteiger partial charge in [-0.1, -0.05) is 127 Å². The molecule has 0 radical (unpaired) electrons. The van der Waals surface area contributed by atoms with Crippen molar-refractivity contribution in [1.29, 1.82) is 0 Å². The first-order chi connectivity index (χ1) is 20.3. The molecule has 0 amide bonds. The third-order valence-corrected chi connectivity index (χ3v) is 11.8. The number of allylic oxidation sites excluding steroid dienone is 4. The topological polar surface area (TPSA) is 0 Å². The molecular formula is C41H38. The molecular weight excluding hydrogens is 492 g/mol. The standard InChI is InChI=1S/C41H38/c1-3-11-32(12-4-1)41(33-13-5-2-6-14-33,40-37-17-9-7-15-35(37)36-16-8-10-18-38(36)40)34-20-19-29(26-34)39-30-22-27-21-28(24-30)25-31(39)23-27/h1-20,26-28,30-31,34,39-40H,21-25H2. The Labute approximate surface area is 244 Å². The van der Waals surface area contributed by atoms with Crippen LogP contribution in [0.15, 0.2) is 133 Å². The fraction of sp³-hybridized carbons (Fsp3) is 0.317. The molecule has 0 heteroatoms. The van der Waals surface area contributed by atoms with Crippen LogP contribution in [0.5, 0.6) is 0 Å². The molecule has 4 fully saturated rings. The first-order valence-corrected chi connectivity index (χ1v) is 16.0. The Kier molecular flexibility index (Phi) is 5.38. The van der Waals surface area contributed by atoms with E-state index < -0.39 is 0 Å². The van der Waals surface area contributed by atoms with Gasteiger partial charge in [-0.2, -0.15) is 0 Å². The summed E-state index contributed by atoms with van der Waals surface area (Å²) in [6, 6.07) is 41.4. The highest BCUT2D eigenvalue weighted by molar-refractivity contribution is 5.81. The minimum atomic E-state index is -0.255. The van der Waals surface area contributed by atoms with E-state index in [1.54, 1.807) is 5.57 Å². The second-order valence-corrected chi connectivity index (χ2v) is 13.7. The van der Waals surface area contributed by atoms with E-state index in [4.69, 9.17) is 0 Å². The Morgan fingerprint density at radius 3 is 1.54 bits per heavy atom. The Balaban J connectivity index is 1.28. The summed E-state index contributed by atoms with van der Waals surface area (Å²) in [4.78, 5) is 0. The highest BCUT2D eigenvalue weighted by atomic mass is 14.6. The molecule has 6 aliphatic carbocycles.